The third kappa shape index (κ3) is 3.28. The van der Waals surface area contributed by atoms with Gasteiger partial charge in [-0.1, -0.05) is 12.1 Å². The van der Waals surface area contributed by atoms with E-state index in [4.69, 9.17) is 0 Å². The average Bonchev–Trinajstić information content (AvgIpc) is 2.95. The SMILES string of the molecule is CSc1ccccc1C(=O)N1C[C@H]2C[C@@H](N(C)C)[C@H](O)C[C@H]2C1. The summed E-state index contributed by atoms with van der Waals surface area (Å²) in [5.74, 6) is 1.09. The maximum atomic E-state index is 12.9. The number of amides is 1. The summed E-state index contributed by atoms with van der Waals surface area (Å²) in [5, 5.41) is 10.4. The first-order valence-electron chi connectivity index (χ1n) is 8.28. The molecule has 1 saturated heterocycles. The van der Waals surface area contributed by atoms with E-state index in [-0.39, 0.29) is 18.1 Å². The molecule has 3 rings (SSSR count). The van der Waals surface area contributed by atoms with Gasteiger partial charge in [0.2, 0.25) is 0 Å². The molecule has 0 aromatic heterocycles. The highest BCUT2D eigenvalue weighted by atomic mass is 32.2. The van der Waals surface area contributed by atoms with E-state index in [0.29, 0.717) is 11.8 Å². The van der Waals surface area contributed by atoms with Crippen LogP contribution in [-0.4, -0.2) is 66.4 Å². The number of likely N-dealkylation sites (tertiary alicyclic amines) is 1. The van der Waals surface area contributed by atoms with Gasteiger partial charge in [0.05, 0.1) is 11.7 Å². The van der Waals surface area contributed by atoms with Crippen LogP contribution < -0.4 is 0 Å². The standard InChI is InChI=1S/C18H26N2O2S/c1-19(2)15-8-12-10-20(11-13(12)9-16(15)21)18(22)14-6-4-5-7-17(14)23-3/h4-7,12-13,15-16,21H,8-11H2,1-3H3/t12-,13+,15-,16-/m1/s1. The molecule has 4 atom stereocenters. The van der Waals surface area contributed by atoms with Gasteiger partial charge in [-0.3, -0.25) is 4.79 Å². The molecule has 0 radical (unpaired) electrons. The molecule has 1 saturated carbocycles. The largest absolute Gasteiger partial charge is 0.391 e. The molecule has 0 bridgehead atoms. The Morgan fingerprint density at radius 1 is 1.22 bits per heavy atom. The number of fused-ring (bicyclic) bond motifs is 1. The molecular weight excluding hydrogens is 308 g/mol. The highest BCUT2D eigenvalue weighted by Crippen LogP contribution is 2.38. The zero-order chi connectivity index (χ0) is 16.6. The fourth-order valence-electron chi connectivity index (χ4n) is 4.12. The maximum absolute atomic E-state index is 12.9. The average molecular weight is 334 g/mol. The lowest BCUT2D eigenvalue weighted by Crippen LogP contribution is -2.46. The van der Waals surface area contributed by atoms with Crippen LogP contribution in [0.25, 0.3) is 0 Å². The third-order valence-electron chi connectivity index (χ3n) is 5.40. The molecule has 1 aliphatic carbocycles. The summed E-state index contributed by atoms with van der Waals surface area (Å²) in [6.45, 7) is 1.60. The first-order chi connectivity index (χ1) is 11.0. The summed E-state index contributed by atoms with van der Waals surface area (Å²) >= 11 is 1.62. The Kier molecular flexibility index (Phi) is 4.99. The van der Waals surface area contributed by atoms with E-state index in [9.17, 15) is 9.90 Å². The van der Waals surface area contributed by atoms with E-state index in [0.717, 1.165) is 36.4 Å². The first kappa shape index (κ1) is 16.8. The summed E-state index contributed by atoms with van der Waals surface area (Å²) < 4.78 is 0. The van der Waals surface area contributed by atoms with E-state index in [1.807, 2.05) is 49.5 Å². The molecule has 0 unspecified atom stereocenters. The van der Waals surface area contributed by atoms with Gasteiger partial charge >= 0.3 is 0 Å². The van der Waals surface area contributed by atoms with Crippen LogP contribution in [0.15, 0.2) is 29.2 Å². The van der Waals surface area contributed by atoms with Crippen LogP contribution in [0.2, 0.25) is 0 Å². The fraction of sp³-hybridized carbons (Fsp3) is 0.611. The number of thioether (sulfide) groups is 1. The minimum Gasteiger partial charge on any atom is -0.391 e. The number of carbonyl (C=O) groups is 1. The molecule has 1 aliphatic heterocycles. The van der Waals surface area contributed by atoms with Gasteiger partial charge in [-0.05, 0) is 57.2 Å². The lowest BCUT2D eigenvalue weighted by molar-refractivity contribution is 0.00940. The molecule has 2 aliphatic rings. The van der Waals surface area contributed by atoms with E-state index in [1.54, 1.807) is 11.8 Å². The zero-order valence-electron chi connectivity index (χ0n) is 14.1. The molecule has 23 heavy (non-hydrogen) atoms. The predicted octanol–water partition coefficient (Wildman–Crippen LogP) is 2.18. The number of carbonyl (C=O) groups excluding carboxylic acids is 1. The van der Waals surface area contributed by atoms with Crippen LogP contribution in [0.1, 0.15) is 23.2 Å². The van der Waals surface area contributed by atoms with Crippen molar-refractivity contribution >= 4 is 17.7 Å². The lowest BCUT2D eigenvalue weighted by atomic mass is 9.77. The molecule has 0 spiro atoms. The number of rotatable bonds is 3. The smallest absolute Gasteiger partial charge is 0.255 e. The molecular formula is C18H26N2O2S. The number of benzene rings is 1. The minimum atomic E-state index is -0.278. The van der Waals surface area contributed by atoms with Crippen molar-refractivity contribution in [1.29, 1.82) is 0 Å². The fourth-order valence-corrected chi connectivity index (χ4v) is 4.71. The summed E-state index contributed by atoms with van der Waals surface area (Å²) in [4.78, 5) is 18.1. The second kappa shape index (κ2) is 6.83. The van der Waals surface area contributed by atoms with Gasteiger partial charge in [0.1, 0.15) is 0 Å². The van der Waals surface area contributed by atoms with Crippen molar-refractivity contribution in [2.75, 3.05) is 33.4 Å². The van der Waals surface area contributed by atoms with Crippen LogP contribution in [0.4, 0.5) is 0 Å². The minimum absolute atomic E-state index is 0.139. The molecule has 1 N–H and O–H groups in total. The van der Waals surface area contributed by atoms with Crippen LogP contribution in [0.5, 0.6) is 0 Å². The van der Waals surface area contributed by atoms with Gasteiger partial charge in [-0.2, -0.15) is 0 Å². The maximum Gasteiger partial charge on any atom is 0.255 e. The first-order valence-corrected chi connectivity index (χ1v) is 9.50. The predicted molar refractivity (Wildman–Crippen MR) is 93.8 cm³/mol. The van der Waals surface area contributed by atoms with Crippen LogP contribution in [-0.2, 0) is 0 Å². The Morgan fingerprint density at radius 3 is 2.52 bits per heavy atom. The Labute approximate surface area is 142 Å². The van der Waals surface area contributed by atoms with Gasteiger partial charge < -0.3 is 14.9 Å². The third-order valence-corrected chi connectivity index (χ3v) is 6.19. The Morgan fingerprint density at radius 2 is 1.87 bits per heavy atom. The van der Waals surface area contributed by atoms with Crippen molar-refractivity contribution in [2.24, 2.45) is 11.8 Å². The molecule has 5 heteroatoms. The Bertz CT molecular complexity index is 578. The van der Waals surface area contributed by atoms with E-state index in [1.165, 1.54) is 0 Å². The summed E-state index contributed by atoms with van der Waals surface area (Å²) in [5.41, 5.74) is 0.809. The topological polar surface area (TPSA) is 43.8 Å². The van der Waals surface area contributed by atoms with Gasteiger partial charge in [0.15, 0.2) is 0 Å². The number of aliphatic hydroxyl groups is 1. The highest BCUT2D eigenvalue weighted by Gasteiger charge is 2.43. The number of hydrogen-bond acceptors (Lipinski definition) is 4. The molecule has 1 amide bonds. The van der Waals surface area contributed by atoms with Crippen molar-refractivity contribution in [2.45, 2.75) is 29.9 Å². The van der Waals surface area contributed by atoms with Crippen LogP contribution >= 0.6 is 11.8 Å². The number of hydrogen-bond donors (Lipinski definition) is 1. The highest BCUT2D eigenvalue weighted by molar-refractivity contribution is 7.98. The van der Waals surface area contributed by atoms with Gasteiger partial charge in [-0.25, -0.2) is 0 Å². The van der Waals surface area contributed by atoms with Crippen molar-refractivity contribution in [1.82, 2.24) is 9.80 Å². The van der Waals surface area contributed by atoms with Crippen molar-refractivity contribution < 1.29 is 9.90 Å². The van der Waals surface area contributed by atoms with E-state index in [2.05, 4.69) is 4.90 Å². The summed E-state index contributed by atoms with van der Waals surface area (Å²) in [6.07, 6.45) is 3.52. The van der Waals surface area contributed by atoms with E-state index < -0.39 is 0 Å². The lowest BCUT2D eigenvalue weighted by Gasteiger charge is -2.38. The van der Waals surface area contributed by atoms with Crippen LogP contribution in [0.3, 0.4) is 0 Å². The monoisotopic (exact) mass is 334 g/mol. The van der Waals surface area contributed by atoms with Gasteiger partial charge in [0, 0.05) is 24.0 Å². The molecule has 126 valence electrons. The Hall–Kier alpha value is -1.04. The van der Waals surface area contributed by atoms with Gasteiger partial charge in [-0.15, -0.1) is 11.8 Å². The molecule has 1 aromatic rings. The zero-order valence-corrected chi connectivity index (χ0v) is 14.9. The van der Waals surface area contributed by atoms with Crippen molar-refractivity contribution in [3.63, 3.8) is 0 Å². The number of nitrogens with zero attached hydrogens (tertiary/aromatic N) is 2. The molecule has 1 heterocycles. The summed E-state index contributed by atoms with van der Waals surface area (Å²) in [6, 6.07) is 8.05. The Balaban J connectivity index is 1.73. The van der Waals surface area contributed by atoms with Crippen LogP contribution in [0, 0.1) is 11.8 Å². The second-order valence-electron chi connectivity index (χ2n) is 7.00. The quantitative estimate of drug-likeness (QED) is 0.861. The number of likely N-dealkylation sites (N-methyl/N-ethyl adjacent to an activating group) is 1. The molecule has 4 nitrogen and oxygen atoms in total. The molecule has 2 fully saturated rings. The van der Waals surface area contributed by atoms with Gasteiger partial charge in [0.25, 0.3) is 5.91 Å². The number of aliphatic hydroxyl groups excluding tert-OH is 1. The van der Waals surface area contributed by atoms with Crippen molar-refractivity contribution in [3.05, 3.63) is 29.8 Å². The van der Waals surface area contributed by atoms with Crippen molar-refractivity contribution in [3.8, 4) is 0 Å². The second-order valence-corrected chi connectivity index (χ2v) is 7.85. The summed E-state index contributed by atoms with van der Waals surface area (Å²) in [7, 11) is 4.06. The van der Waals surface area contributed by atoms with E-state index >= 15 is 0 Å². The molecule has 1 aromatic carbocycles. The normalized spacial score (nSPS) is 30.6.